The van der Waals surface area contributed by atoms with Crippen molar-refractivity contribution >= 4 is 24.0 Å². The molecular formula is C19H23N7O2. The minimum atomic E-state index is -0.0733. The minimum Gasteiger partial charge on any atom is -0.353 e. The van der Waals surface area contributed by atoms with Gasteiger partial charge in [0.15, 0.2) is 0 Å². The van der Waals surface area contributed by atoms with E-state index >= 15 is 0 Å². The third-order valence-corrected chi connectivity index (χ3v) is 5.20. The molecule has 0 radical (unpaired) electrons. The Morgan fingerprint density at radius 1 is 0.857 bits per heavy atom. The van der Waals surface area contributed by atoms with E-state index < -0.39 is 0 Å². The predicted molar refractivity (Wildman–Crippen MR) is 104 cm³/mol. The topological polar surface area (TPSA) is 85.8 Å². The summed E-state index contributed by atoms with van der Waals surface area (Å²) in [6.07, 6.45) is 4.10. The van der Waals surface area contributed by atoms with E-state index in [0.717, 1.165) is 31.1 Å². The van der Waals surface area contributed by atoms with Crippen LogP contribution in [-0.2, 0) is 4.79 Å². The molecule has 4 heterocycles. The number of hydrogen-bond donors (Lipinski definition) is 0. The van der Waals surface area contributed by atoms with Gasteiger partial charge in [0.05, 0.1) is 0 Å². The van der Waals surface area contributed by atoms with Crippen LogP contribution in [-0.4, -0.2) is 89.4 Å². The highest BCUT2D eigenvalue weighted by molar-refractivity contribution is 5.93. The average molecular weight is 381 g/mol. The number of amides is 2. The van der Waals surface area contributed by atoms with Gasteiger partial charge in [-0.25, -0.2) is 15.0 Å². The van der Waals surface area contributed by atoms with Crippen LogP contribution in [0, 0.1) is 0 Å². The van der Waals surface area contributed by atoms with Gasteiger partial charge >= 0.3 is 0 Å². The summed E-state index contributed by atoms with van der Waals surface area (Å²) < 4.78 is 0. The zero-order chi connectivity index (χ0) is 19.3. The minimum absolute atomic E-state index is 0.0733. The molecule has 2 aliphatic heterocycles. The molecule has 0 bridgehead atoms. The molecular weight excluding hydrogens is 358 g/mol. The summed E-state index contributed by atoms with van der Waals surface area (Å²) in [6, 6.07) is 7.61. The van der Waals surface area contributed by atoms with E-state index in [0.29, 0.717) is 45.0 Å². The van der Waals surface area contributed by atoms with Crippen LogP contribution in [0.3, 0.4) is 0 Å². The van der Waals surface area contributed by atoms with Gasteiger partial charge in [-0.3, -0.25) is 9.59 Å². The summed E-state index contributed by atoms with van der Waals surface area (Å²) in [6.45, 7) is 5.47. The third kappa shape index (κ3) is 3.88. The Balaban J connectivity index is 1.38. The summed E-state index contributed by atoms with van der Waals surface area (Å²) in [7, 11) is 0. The van der Waals surface area contributed by atoms with E-state index in [2.05, 4.69) is 24.8 Å². The summed E-state index contributed by atoms with van der Waals surface area (Å²) in [5.74, 6) is 1.60. The van der Waals surface area contributed by atoms with Crippen LogP contribution in [0.1, 0.15) is 10.5 Å². The summed E-state index contributed by atoms with van der Waals surface area (Å²) >= 11 is 0. The smallest absolute Gasteiger partial charge is 0.272 e. The van der Waals surface area contributed by atoms with Gasteiger partial charge in [0.2, 0.25) is 6.41 Å². The van der Waals surface area contributed by atoms with Crippen LogP contribution < -0.4 is 9.80 Å². The number of carbonyl (C=O) groups excluding carboxylic acids is 2. The summed E-state index contributed by atoms with van der Waals surface area (Å²) in [4.78, 5) is 44.5. The van der Waals surface area contributed by atoms with Gasteiger partial charge in [-0.1, -0.05) is 6.07 Å². The zero-order valence-electron chi connectivity index (χ0n) is 15.6. The number of pyridine rings is 1. The standard InChI is InChI=1S/C19H23N7O2/c27-15-23-5-7-25(8-6-23)18-13-16(21-14-22-18)19(28)26-11-9-24(10-12-26)17-3-1-2-4-20-17/h1-4,13-15H,5-12H2. The molecule has 28 heavy (non-hydrogen) atoms. The Bertz CT molecular complexity index is 816. The second-order valence-corrected chi connectivity index (χ2v) is 6.86. The number of hydrogen-bond acceptors (Lipinski definition) is 7. The second kappa shape index (κ2) is 8.20. The zero-order valence-corrected chi connectivity index (χ0v) is 15.6. The van der Waals surface area contributed by atoms with Gasteiger partial charge in [0.25, 0.3) is 5.91 Å². The Morgan fingerprint density at radius 2 is 1.57 bits per heavy atom. The van der Waals surface area contributed by atoms with Crippen LogP contribution in [0.15, 0.2) is 36.8 Å². The maximum atomic E-state index is 12.9. The molecule has 9 heteroatoms. The Kier molecular flexibility index (Phi) is 5.31. The second-order valence-electron chi connectivity index (χ2n) is 6.86. The fourth-order valence-electron chi connectivity index (χ4n) is 3.53. The van der Waals surface area contributed by atoms with Crippen molar-refractivity contribution in [1.29, 1.82) is 0 Å². The lowest BCUT2D eigenvalue weighted by molar-refractivity contribution is -0.118. The first-order chi connectivity index (χ1) is 13.7. The lowest BCUT2D eigenvalue weighted by Gasteiger charge is -2.35. The number of aromatic nitrogens is 3. The SMILES string of the molecule is O=CN1CCN(c2cc(C(=O)N3CCN(c4ccccn4)CC3)ncn2)CC1. The van der Waals surface area contributed by atoms with Crippen molar-refractivity contribution < 1.29 is 9.59 Å². The predicted octanol–water partition coefficient (Wildman–Crippen LogP) is 0.112. The van der Waals surface area contributed by atoms with Crippen molar-refractivity contribution in [2.45, 2.75) is 0 Å². The van der Waals surface area contributed by atoms with Crippen LogP contribution in [0.4, 0.5) is 11.6 Å². The van der Waals surface area contributed by atoms with E-state index in [-0.39, 0.29) is 5.91 Å². The maximum absolute atomic E-state index is 12.9. The molecule has 2 aromatic rings. The van der Waals surface area contributed by atoms with Crippen LogP contribution in [0.2, 0.25) is 0 Å². The van der Waals surface area contributed by atoms with E-state index in [1.54, 1.807) is 17.2 Å². The highest BCUT2D eigenvalue weighted by Gasteiger charge is 2.25. The first-order valence-corrected chi connectivity index (χ1v) is 9.46. The molecule has 0 spiro atoms. The molecule has 0 atom stereocenters. The van der Waals surface area contributed by atoms with E-state index in [9.17, 15) is 9.59 Å². The Morgan fingerprint density at radius 3 is 2.25 bits per heavy atom. The quantitative estimate of drug-likeness (QED) is 0.695. The van der Waals surface area contributed by atoms with Gasteiger partial charge in [-0.05, 0) is 12.1 Å². The number of nitrogens with zero attached hydrogens (tertiary/aromatic N) is 7. The molecule has 0 unspecified atom stereocenters. The van der Waals surface area contributed by atoms with Crippen LogP contribution >= 0.6 is 0 Å². The molecule has 0 saturated carbocycles. The fourth-order valence-corrected chi connectivity index (χ4v) is 3.53. The molecule has 146 valence electrons. The molecule has 0 N–H and O–H groups in total. The van der Waals surface area contributed by atoms with Gasteiger partial charge in [-0.15, -0.1) is 0 Å². The van der Waals surface area contributed by atoms with E-state index in [1.807, 2.05) is 23.1 Å². The normalized spacial score (nSPS) is 17.6. The molecule has 0 aromatic carbocycles. The Hall–Kier alpha value is -3.23. The maximum Gasteiger partial charge on any atom is 0.272 e. The van der Waals surface area contributed by atoms with Gasteiger partial charge in [0, 0.05) is 64.6 Å². The Labute approximate surface area is 163 Å². The number of piperazine rings is 2. The fraction of sp³-hybridized carbons (Fsp3) is 0.421. The summed E-state index contributed by atoms with van der Waals surface area (Å²) in [5.41, 5.74) is 0.411. The lowest BCUT2D eigenvalue weighted by Crippen LogP contribution is -2.49. The molecule has 2 saturated heterocycles. The number of rotatable bonds is 4. The van der Waals surface area contributed by atoms with E-state index in [1.165, 1.54) is 6.33 Å². The first-order valence-electron chi connectivity index (χ1n) is 9.46. The van der Waals surface area contributed by atoms with Crippen molar-refractivity contribution in [3.63, 3.8) is 0 Å². The first kappa shape index (κ1) is 18.1. The lowest BCUT2D eigenvalue weighted by atomic mass is 10.2. The average Bonchev–Trinajstić information content (AvgIpc) is 2.79. The highest BCUT2D eigenvalue weighted by Crippen LogP contribution is 2.17. The third-order valence-electron chi connectivity index (χ3n) is 5.20. The molecule has 2 amide bonds. The van der Waals surface area contributed by atoms with Crippen molar-refractivity contribution in [2.24, 2.45) is 0 Å². The van der Waals surface area contributed by atoms with E-state index in [4.69, 9.17) is 0 Å². The largest absolute Gasteiger partial charge is 0.353 e. The van der Waals surface area contributed by atoms with Crippen molar-refractivity contribution in [1.82, 2.24) is 24.8 Å². The van der Waals surface area contributed by atoms with Crippen molar-refractivity contribution in [3.8, 4) is 0 Å². The van der Waals surface area contributed by atoms with Gasteiger partial charge in [0.1, 0.15) is 23.7 Å². The van der Waals surface area contributed by atoms with Crippen molar-refractivity contribution in [2.75, 3.05) is 62.2 Å². The molecule has 4 rings (SSSR count). The number of anilines is 2. The van der Waals surface area contributed by atoms with Crippen LogP contribution in [0.25, 0.3) is 0 Å². The monoisotopic (exact) mass is 381 g/mol. The number of carbonyl (C=O) groups is 2. The summed E-state index contributed by atoms with van der Waals surface area (Å²) in [5, 5.41) is 0. The molecule has 0 aliphatic carbocycles. The van der Waals surface area contributed by atoms with Crippen LogP contribution in [0.5, 0.6) is 0 Å². The molecule has 2 aromatic heterocycles. The van der Waals surface area contributed by atoms with Crippen molar-refractivity contribution in [3.05, 3.63) is 42.5 Å². The van der Waals surface area contributed by atoms with Gasteiger partial charge < -0.3 is 19.6 Å². The molecule has 9 nitrogen and oxygen atoms in total. The molecule has 2 fully saturated rings. The highest BCUT2D eigenvalue weighted by atomic mass is 16.2. The van der Waals surface area contributed by atoms with Gasteiger partial charge in [-0.2, -0.15) is 0 Å². The molecule has 2 aliphatic rings.